The Balaban J connectivity index is 2.09. The van der Waals surface area contributed by atoms with Gasteiger partial charge in [0.05, 0.1) is 5.69 Å². The minimum absolute atomic E-state index is 0.332. The van der Waals surface area contributed by atoms with Crippen molar-refractivity contribution in [1.29, 1.82) is 0 Å². The van der Waals surface area contributed by atoms with E-state index >= 15 is 0 Å². The maximum Gasteiger partial charge on any atom is 0.126 e. The predicted molar refractivity (Wildman–Crippen MR) is 75.4 cm³/mol. The van der Waals surface area contributed by atoms with E-state index in [0.717, 1.165) is 21.5 Å². The quantitative estimate of drug-likeness (QED) is 0.893. The molecule has 0 bridgehead atoms. The van der Waals surface area contributed by atoms with Gasteiger partial charge in [0.2, 0.25) is 0 Å². The van der Waals surface area contributed by atoms with Gasteiger partial charge in [0, 0.05) is 16.0 Å². The average Bonchev–Trinajstić information content (AvgIpc) is 2.32. The lowest BCUT2D eigenvalue weighted by Gasteiger charge is -2.08. The lowest BCUT2D eigenvalue weighted by molar-refractivity contribution is 0.627. The molecular weight excluding hydrogens is 319 g/mol. The minimum atomic E-state index is -0.332. The molecule has 0 saturated carbocycles. The van der Waals surface area contributed by atoms with Crippen LogP contribution in [0.3, 0.4) is 0 Å². The van der Waals surface area contributed by atoms with Gasteiger partial charge in [-0.2, -0.15) is 0 Å². The highest BCUT2D eigenvalue weighted by molar-refractivity contribution is 9.10. The van der Waals surface area contributed by atoms with Crippen LogP contribution in [0.2, 0.25) is 5.02 Å². The Morgan fingerprint density at radius 2 is 2.11 bits per heavy atom. The molecule has 2 aromatic rings. The molecule has 5 heteroatoms. The Kier molecular flexibility index (Phi) is 4.19. The second-order valence-corrected chi connectivity index (χ2v) is 5.11. The fraction of sp³-hybridized carbons (Fsp3) is 0.154. The number of pyridine rings is 1. The summed E-state index contributed by atoms with van der Waals surface area (Å²) < 4.78 is 13.9. The van der Waals surface area contributed by atoms with Crippen molar-refractivity contribution in [2.45, 2.75) is 13.5 Å². The zero-order chi connectivity index (χ0) is 13.1. The molecule has 94 valence electrons. The molecule has 0 atom stereocenters. The number of aryl methyl sites for hydroxylation is 1. The molecule has 18 heavy (non-hydrogen) atoms. The smallest absolute Gasteiger partial charge is 0.126 e. The first kappa shape index (κ1) is 13.3. The second kappa shape index (κ2) is 5.67. The highest BCUT2D eigenvalue weighted by Crippen LogP contribution is 2.20. The third kappa shape index (κ3) is 3.21. The van der Waals surface area contributed by atoms with Crippen molar-refractivity contribution in [3.05, 3.63) is 56.9 Å². The van der Waals surface area contributed by atoms with Gasteiger partial charge in [0.1, 0.15) is 11.6 Å². The van der Waals surface area contributed by atoms with Crippen LogP contribution in [0.5, 0.6) is 0 Å². The van der Waals surface area contributed by atoms with Crippen LogP contribution >= 0.6 is 27.5 Å². The molecule has 0 aliphatic carbocycles. The Morgan fingerprint density at radius 3 is 2.78 bits per heavy atom. The fourth-order valence-electron chi connectivity index (χ4n) is 1.49. The zero-order valence-corrected chi connectivity index (χ0v) is 12.0. The van der Waals surface area contributed by atoms with Crippen LogP contribution in [0.25, 0.3) is 0 Å². The number of aromatic nitrogens is 1. The van der Waals surface area contributed by atoms with Crippen molar-refractivity contribution in [3.63, 3.8) is 0 Å². The Bertz CT molecular complexity index is 575. The molecule has 0 fully saturated rings. The van der Waals surface area contributed by atoms with E-state index in [1.807, 2.05) is 19.1 Å². The topological polar surface area (TPSA) is 24.9 Å². The SMILES string of the molecule is Cc1nc(NCc2ccc(F)cc2Cl)ccc1Br. The van der Waals surface area contributed by atoms with E-state index in [-0.39, 0.29) is 5.82 Å². The van der Waals surface area contributed by atoms with E-state index in [1.54, 1.807) is 6.07 Å². The molecule has 0 amide bonds. The van der Waals surface area contributed by atoms with Gasteiger partial charge in [0.15, 0.2) is 0 Å². The van der Waals surface area contributed by atoms with E-state index in [2.05, 4.69) is 26.2 Å². The fourth-order valence-corrected chi connectivity index (χ4v) is 1.95. The molecule has 0 aliphatic heterocycles. The molecule has 1 heterocycles. The van der Waals surface area contributed by atoms with Crippen LogP contribution in [0.15, 0.2) is 34.8 Å². The van der Waals surface area contributed by atoms with E-state index in [1.165, 1.54) is 12.1 Å². The van der Waals surface area contributed by atoms with Crippen molar-refractivity contribution in [3.8, 4) is 0 Å². The predicted octanol–water partition coefficient (Wildman–Crippen LogP) is 4.56. The molecule has 0 saturated heterocycles. The molecule has 0 aliphatic rings. The second-order valence-electron chi connectivity index (χ2n) is 3.85. The van der Waals surface area contributed by atoms with Gasteiger partial charge in [-0.25, -0.2) is 9.37 Å². The first-order valence-electron chi connectivity index (χ1n) is 5.37. The average molecular weight is 330 g/mol. The van der Waals surface area contributed by atoms with Gasteiger partial charge >= 0.3 is 0 Å². The van der Waals surface area contributed by atoms with Crippen LogP contribution in [0, 0.1) is 12.7 Å². The number of anilines is 1. The number of halogens is 3. The maximum absolute atomic E-state index is 12.9. The van der Waals surface area contributed by atoms with E-state index in [9.17, 15) is 4.39 Å². The van der Waals surface area contributed by atoms with Crippen molar-refractivity contribution in [2.75, 3.05) is 5.32 Å². The molecule has 1 aromatic carbocycles. The summed E-state index contributed by atoms with van der Waals surface area (Å²) in [5.41, 5.74) is 1.74. The van der Waals surface area contributed by atoms with E-state index in [4.69, 9.17) is 11.6 Å². The first-order chi connectivity index (χ1) is 8.56. The van der Waals surface area contributed by atoms with E-state index < -0.39 is 0 Å². The maximum atomic E-state index is 12.9. The third-order valence-corrected chi connectivity index (χ3v) is 3.69. The summed E-state index contributed by atoms with van der Waals surface area (Å²) >= 11 is 9.34. The molecule has 2 nitrogen and oxygen atoms in total. The summed E-state index contributed by atoms with van der Waals surface area (Å²) in [5.74, 6) is 0.428. The highest BCUT2D eigenvalue weighted by Gasteiger charge is 2.03. The van der Waals surface area contributed by atoms with Crippen molar-refractivity contribution >= 4 is 33.3 Å². The summed E-state index contributed by atoms with van der Waals surface area (Å²) in [5, 5.41) is 3.56. The number of hydrogen-bond acceptors (Lipinski definition) is 2. The van der Waals surface area contributed by atoms with Gasteiger partial charge in [-0.15, -0.1) is 0 Å². The van der Waals surface area contributed by atoms with Crippen molar-refractivity contribution in [2.24, 2.45) is 0 Å². The Hall–Kier alpha value is -1.13. The molecule has 2 rings (SSSR count). The van der Waals surface area contributed by atoms with Gasteiger partial charge in [-0.3, -0.25) is 0 Å². The summed E-state index contributed by atoms with van der Waals surface area (Å²) in [6.45, 7) is 2.42. The van der Waals surface area contributed by atoms with Crippen LogP contribution in [0.1, 0.15) is 11.3 Å². The number of benzene rings is 1. The normalized spacial score (nSPS) is 10.4. The summed E-state index contributed by atoms with van der Waals surface area (Å²) in [7, 11) is 0. The van der Waals surface area contributed by atoms with Crippen LogP contribution in [0.4, 0.5) is 10.2 Å². The lowest BCUT2D eigenvalue weighted by atomic mass is 10.2. The molecule has 1 N–H and O–H groups in total. The number of hydrogen-bond donors (Lipinski definition) is 1. The molecule has 0 radical (unpaired) electrons. The summed E-state index contributed by atoms with van der Waals surface area (Å²) in [4.78, 5) is 4.36. The van der Waals surface area contributed by atoms with Gasteiger partial charge in [-0.05, 0) is 52.7 Å². The summed E-state index contributed by atoms with van der Waals surface area (Å²) in [6, 6.07) is 8.16. The zero-order valence-electron chi connectivity index (χ0n) is 9.67. The Labute approximate surface area is 118 Å². The number of nitrogens with zero attached hydrogens (tertiary/aromatic N) is 1. The van der Waals surface area contributed by atoms with Gasteiger partial charge in [0.25, 0.3) is 0 Å². The minimum Gasteiger partial charge on any atom is -0.366 e. The van der Waals surface area contributed by atoms with Crippen LogP contribution < -0.4 is 5.32 Å². The number of nitrogens with one attached hydrogen (secondary N) is 1. The van der Waals surface area contributed by atoms with Crippen molar-refractivity contribution in [1.82, 2.24) is 4.98 Å². The van der Waals surface area contributed by atoms with Crippen LogP contribution in [-0.2, 0) is 6.54 Å². The molecule has 1 aromatic heterocycles. The van der Waals surface area contributed by atoms with Crippen LogP contribution in [-0.4, -0.2) is 4.98 Å². The van der Waals surface area contributed by atoms with Crippen molar-refractivity contribution < 1.29 is 4.39 Å². The van der Waals surface area contributed by atoms with E-state index in [0.29, 0.717) is 11.6 Å². The summed E-state index contributed by atoms with van der Waals surface area (Å²) in [6.07, 6.45) is 0. The van der Waals surface area contributed by atoms with Gasteiger partial charge in [-0.1, -0.05) is 17.7 Å². The highest BCUT2D eigenvalue weighted by atomic mass is 79.9. The van der Waals surface area contributed by atoms with Gasteiger partial charge < -0.3 is 5.32 Å². The lowest BCUT2D eigenvalue weighted by Crippen LogP contribution is -2.02. The number of rotatable bonds is 3. The molecular formula is C13H11BrClFN2. The standard InChI is InChI=1S/C13H11BrClFN2/c1-8-11(14)4-5-13(18-8)17-7-9-2-3-10(16)6-12(9)15/h2-6H,7H2,1H3,(H,17,18). The Morgan fingerprint density at radius 1 is 1.33 bits per heavy atom. The molecule has 0 spiro atoms. The largest absolute Gasteiger partial charge is 0.366 e. The first-order valence-corrected chi connectivity index (χ1v) is 6.54. The monoisotopic (exact) mass is 328 g/mol. The molecule has 0 unspecified atom stereocenters. The third-order valence-electron chi connectivity index (χ3n) is 2.50.